The summed E-state index contributed by atoms with van der Waals surface area (Å²) in [6, 6.07) is 8.60. The number of likely N-dealkylation sites (tertiary alicyclic amines) is 1. The Hall–Kier alpha value is -2.17. The summed E-state index contributed by atoms with van der Waals surface area (Å²) in [5.74, 6) is -0.854. The van der Waals surface area contributed by atoms with E-state index in [1.54, 1.807) is 31.2 Å². The lowest BCUT2D eigenvalue weighted by atomic mass is 10.2. The van der Waals surface area contributed by atoms with Gasteiger partial charge in [0.25, 0.3) is 0 Å². The molecule has 0 saturated carbocycles. The number of nitrogens with zero attached hydrogens (tertiary/aromatic N) is 1. The Labute approximate surface area is 111 Å². The first-order valence-corrected chi connectivity index (χ1v) is 6.17. The topological polar surface area (TPSA) is 63.7 Å². The lowest BCUT2D eigenvalue weighted by Crippen LogP contribution is -2.37. The zero-order valence-electron chi connectivity index (χ0n) is 10.7. The summed E-state index contributed by atoms with van der Waals surface area (Å²) in [4.78, 5) is 35.8. The Morgan fingerprint density at radius 2 is 1.79 bits per heavy atom. The molecular weight excluding hydrogens is 246 g/mol. The fourth-order valence-electron chi connectivity index (χ4n) is 1.95. The highest BCUT2D eigenvalue weighted by Crippen LogP contribution is 2.13. The number of esters is 1. The number of hydrogen-bond acceptors (Lipinski definition) is 4. The number of ether oxygens (including phenoxy) is 1. The van der Waals surface area contributed by atoms with E-state index in [9.17, 15) is 14.4 Å². The molecule has 1 unspecified atom stereocenters. The summed E-state index contributed by atoms with van der Waals surface area (Å²) < 4.78 is 5.21. The van der Waals surface area contributed by atoms with Crippen LogP contribution in [0.1, 0.15) is 30.1 Å². The summed E-state index contributed by atoms with van der Waals surface area (Å²) in [5.41, 5.74) is 0.452. The molecular formula is C14H15NO4. The highest BCUT2D eigenvalue weighted by molar-refractivity contribution is 6.02. The molecule has 1 aromatic rings. The maximum absolute atomic E-state index is 11.8. The zero-order chi connectivity index (χ0) is 13.8. The zero-order valence-corrected chi connectivity index (χ0v) is 10.7. The Bertz CT molecular complexity index is 481. The van der Waals surface area contributed by atoms with Crippen LogP contribution in [0.25, 0.3) is 0 Å². The summed E-state index contributed by atoms with van der Waals surface area (Å²) >= 11 is 0. The Morgan fingerprint density at radius 1 is 1.21 bits per heavy atom. The fourth-order valence-corrected chi connectivity index (χ4v) is 1.95. The third-order valence-electron chi connectivity index (χ3n) is 2.91. The summed E-state index contributed by atoms with van der Waals surface area (Å²) in [5, 5.41) is 0. The molecule has 0 spiro atoms. The van der Waals surface area contributed by atoms with Crippen LogP contribution in [0.5, 0.6) is 0 Å². The van der Waals surface area contributed by atoms with Gasteiger partial charge in [-0.3, -0.25) is 14.5 Å². The molecule has 0 aromatic heterocycles. The summed E-state index contributed by atoms with van der Waals surface area (Å²) in [6.07, 6.45) is -0.0187. The van der Waals surface area contributed by atoms with Crippen molar-refractivity contribution in [2.45, 2.75) is 25.9 Å². The van der Waals surface area contributed by atoms with Gasteiger partial charge in [0, 0.05) is 12.8 Å². The van der Waals surface area contributed by atoms with Crippen molar-refractivity contribution in [3.05, 3.63) is 35.9 Å². The van der Waals surface area contributed by atoms with Gasteiger partial charge in [-0.05, 0) is 19.1 Å². The SMILES string of the molecule is CC(CN1C(=O)CCC1=O)OC(=O)c1ccccc1. The molecule has 5 heteroatoms. The second-order valence-corrected chi connectivity index (χ2v) is 4.48. The molecule has 0 bridgehead atoms. The normalized spacial score (nSPS) is 16.6. The van der Waals surface area contributed by atoms with Gasteiger partial charge < -0.3 is 4.74 Å². The molecule has 1 aliphatic rings. The molecule has 1 fully saturated rings. The highest BCUT2D eigenvalue weighted by Gasteiger charge is 2.30. The molecule has 100 valence electrons. The number of rotatable bonds is 4. The fraction of sp³-hybridized carbons (Fsp3) is 0.357. The Balaban J connectivity index is 1.91. The lowest BCUT2D eigenvalue weighted by Gasteiger charge is -2.19. The monoisotopic (exact) mass is 261 g/mol. The summed E-state index contributed by atoms with van der Waals surface area (Å²) in [6.45, 7) is 1.79. The van der Waals surface area contributed by atoms with Crippen molar-refractivity contribution in [2.24, 2.45) is 0 Å². The van der Waals surface area contributed by atoms with Crippen molar-refractivity contribution in [1.29, 1.82) is 0 Å². The Morgan fingerprint density at radius 3 is 2.37 bits per heavy atom. The van der Waals surface area contributed by atoms with E-state index < -0.39 is 12.1 Å². The molecule has 0 radical (unpaired) electrons. The first-order valence-electron chi connectivity index (χ1n) is 6.17. The molecule has 2 rings (SSSR count). The van der Waals surface area contributed by atoms with E-state index in [1.165, 1.54) is 0 Å². The van der Waals surface area contributed by atoms with Crippen LogP contribution in [0.3, 0.4) is 0 Å². The molecule has 19 heavy (non-hydrogen) atoms. The minimum atomic E-state index is -0.515. The van der Waals surface area contributed by atoms with Crippen LogP contribution >= 0.6 is 0 Å². The number of benzene rings is 1. The van der Waals surface area contributed by atoms with Gasteiger partial charge in [-0.1, -0.05) is 18.2 Å². The largest absolute Gasteiger partial charge is 0.457 e. The van der Waals surface area contributed by atoms with Crippen LogP contribution in [0, 0.1) is 0 Å². The van der Waals surface area contributed by atoms with Crippen molar-refractivity contribution in [1.82, 2.24) is 4.90 Å². The van der Waals surface area contributed by atoms with Gasteiger partial charge in [0.15, 0.2) is 0 Å². The van der Waals surface area contributed by atoms with E-state index in [0.717, 1.165) is 4.90 Å². The lowest BCUT2D eigenvalue weighted by molar-refractivity contribution is -0.139. The smallest absolute Gasteiger partial charge is 0.338 e. The molecule has 2 amide bonds. The maximum atomic E-state index is 11.8. The van der Waals surface area contributed by atoms with Gasteiger partial charge in [-0.25, -0.2) is 4.79 Å². The van der Waals surface area contributed by atoms with Crippen LogP contribution in [0.2, 0.25) is 0 Å². The van der Waals surface area contributed by atoms with E-state index in [0.29, 0.717) is 5.56 Å². The van der Waals surface area contributed by atoms with Crippen LogP contribution < -0.4 is 0 Å². The number of imide groups is 1. The third-order valence-corrected chi connectivity index (χ3v) is 2.91. The van der Waals surface area contributed by atoms with E-state index in [1.807, 2.05) is 6.07 Å². The summed E-state index contributed by atoms with van der Waals surface area (Å²) in [7, 11) is 0. The molecule has 1 aromatic carbocycles. The van der Waals surface area contributed by atoms with Gasteiger partial charge in [0.2, 0.25) is 11.8 Å². The molecule has 0 aliphatic carbocycles. The van der Waals surface area contributed by atoms with Gasteiger partial charge in [-0.15, -0.1) is 0 Å². The van der Waals surface area contributed by atoms with Gasteiger partial charge in [-0.2, -0.15) is 0 Å². The van der Waals surface area contributed by atoms with Crippen LogP contribution in [-0.2, 0) is 14.3 Å². The van der Waals surface area contributed by atoms with Crippen molar-refractivity contribution in [3.8, 4) is 0 Å². The number of hydrogen-bond donors (Lipinski definition) is 0. The van der Waals surface area contributed by atoms with E-state index >= 15 is 0 Å². The predicted octanol–water partition coefficient (Wildman–Crippen LogP) is 1.38. The van der Waals surface area contributed by atoms with Gasteiger partial charge in [0.1, 0.15) is 6.10 Å². The number of carbonyl (C=O) groups is 3. The minimum absolute atomic E-state index is 0.121. The van der Waals surface area contributed by atoms with Gasteiger partial charge in [0.05, 0.1) is 12.1 Å². The molecule has 0 N–H and O–H groups in total. The molecule has 1 atom stereocenters. The number of amides is 2. The first-order chi connectivity index (χ1) is 9.08. The standard InChI is InChI=1S/C14H15NO4/c1-10(9-15-12(16)7-8-13(15)17)19-14(18)11-5-3-2-4-6-11/h2-6,10H,7-9H2,1H3. The molecule has 1 saturated heterocycles. The van der Waals surface area contributed by atoms with Crippen molar-refractivity contribution in [3.63, 3.8) is 0 Å². The molecule has 1 heterocycles. The molecule has 5 nitrogen and oxygen atoms in total. The van der Waals surface area contributed by atoms with Crippen LogP contribution in [0.15, 0.2) is 30.3 Å². The predicted molar refractivity (Wildman–Crippen MR) is 67.3 cm³/mol. The van der Waals surface area contributed by atoms with Crippen molar-refractivity contribution < 1.29 is 19.1 Å². The van der Waals surface area contributed by atoms with Crippen LogP contribution in [-0.4, -0.2) is 35.3 Å². The van der Waals surface area contributed by atoms with E-state index in [-0.39, 0.29) is 31.2 Å². The minimum Gasteiger partial charge on any atom is -0.457 e. The maximum Gasteiger partial charge on any atom is 0.338 e. The quantitative estimate of drug-likeness (QED) is 0.606. The van der Waals surface area contributed by atoms with E-state index in [4.69, 9.17) is 4.74 Å². The third kappa shape index (κ3) is 3.19. The second kappa shape index (κ2) is 5.65. The second-order valence-electron chi connectivity index (χ2n) is 4.48. The van der Waals surface area contributed by atoms with Crippen molar-refractivity contribution >= 4 is 17.8 Å². The molecule has 1 aliphatic heterocycles. The average molecular weight is 261 g/mol. The highest BCUT2D eigenvalue weighted by atomic mass is 16.5. The Kier molecular flexibility index (Phi) is 3.94. The van der Waals surface area contributed by atoms with Gasteiger partial charge >= 0.3 is 5.97 Å². The first kappa shape index (κ1) is 13.3. The van der Waals surface area contributed by atoms with E-state index in [2.05, 4.69) is 0 Å². The average Bonchev–Trinajstić information content (AvgIpc) is 2.71. The van der Waals surface area contributed by atoms with Crippen LogP contribution in [0.4, 0.5) is 0 Å². The van der Waals surface area contributed by atoms with Crippen molar-refractivity contribution in [2.75, 3.05) is 6.54 Å². The number of carbonyl (C=O) groups excluding carboxylic acids is 3.